The van der Waals surface area contributed by atoms with Gasteiger partial charge in [0.25, 0.3) is 0 Å². The molecule has 0 saturated carbocycles. The molecule has 0 aromatic heterocycles. The van der Waals surface area contributed by atoms with E-state index in [9.17, 15) is 18.3 Å². The van der Waals surface area contributed by atoms with Crippen LogP contribution in [-0.4, -0.2) is 38.0 Å². The molecule has 0 bridgehead atoms. The zero-order valence-corrected chi connectivity index (χ0v) is 14.2. The van der Waals surface area contributed by atoms with Crippen molar-refractivity contribution < 1.29 is 18.3 Å². The highest BCUT2D eigenvalue weighted by molar-refractivity contribution is 7.89. The number of benzene rings is 2. The number of aliphatic carboxylic acids is 1. The Morgan fingerprint density at radius 1 is 1.20 bits per heavy atom. The first-order valence-electron chi connectivity index (χ1n) is 7.61. The number of sulfonamides is 1. The second-order valence-electron chi connectivity index (χ2n) is 5.50. The Kier molecular flexibility index (Phi) is 5.94. The summed E-state index contributed by atoms with van der Waals surface area (Å²) in [5, 5.41) is 20.5. The van der Waals surface area contributed by atoms with Crippen molar-refractivity contribution in [2.75, 3.05) is 6.54 Å². The molecule has 0 saturated heterocycles. The summed E-state index contributed by atoms with van der Waals surface area (Å²) in [6.07, 6.45) is 0.416. The molecule has 0 fully saturated rings. The first-order chi connectivity index (χ1) is 11.8. The number of rotatable bonds is 8. The maximum Gasteiger partial charge on any atom is 0.321 e. The number of hydrogen-bond acceptors (Lipinski definition) is 4. The van der Waals surface area contributed by atoms with E-state index in [0.717, 1.165) is 10.8 Å². The molecule has 2 aromatic rings. The number of nitrogens with one attached hydrogen (secondary N) is 3. The van der Waals surface area contributed by atoms with Crippen molar-refractivity contribution in [2.45, 2.75) is 23.8 Å². The minimum absolute atomic E-state index is 0.0133. The molecule has 8 nitrogen and oxygen atoms in total. The molecule has 2 aromatic carbocycles. The summed E-state index contributed by atoms with van der Waals surface area (Å²) >= 11 is 0. The average molecular weight is 364 g/mol. The third-order valence-corrected chi connectivity index (χ3v) is 5.08. The van der Waals surface area contributed by atoms with Crippen molar-refractivity contribution in [3.05, 3.63) is 42.5 Å². The van der Waals surface area contributed by atoms with Crippen molar-refractivity contribution in [2.24, 2.45) is 5.73 Å². The maximum atomic E-state index is 12.5. The van der Waals surface area contributed by atoms with Gasteiger partial charge in [-0.2, -0.15) is 4.72 Å². The van der Waals surface area contributed by atoms with Crippen molar-refractivity contribution in [1.29, 1.82) is 5.41 Å². The molecule has 0 radical (unpaired) electrons. The molecule has 0 aliphatic heterocycles. The van der Waals surface area contributed by atoms with Crippen LogP contribution in [0.2, 0.25) is 0 Å². The molecule has 1 atom stereocenters. The predicted molar refractivity (Wildman–Crippen MR) is 94.8 cm³/mol. The Bertz CT molecular complexity index is 883. The van der Waals surface area contributed by atoms with Crippen LogP contribution in [0.5, 0.6) is 0 Å². The van der Waals surface area contributed by atoms with Gasteiger partial charge < -0.3 is 16.2 Å². The van der Waals surface area contributed by atoms with Gasteiger partial charge in [-0.05, 0) is 35.7 Å². The van der Waals surface area contributed by atoms with Gasteiger partial charge in [-0.3, -0.25) is 10.2 Å². The van der Waals surface area contributed by atoms with E-state index in [1.54, 1.807) is 18.2 Å². The molecule has 0 amide bonds. The SMILES string of the molecule is N=C(N)NCCC[C@H](NS(=O)(=O)c1ccc2ccccc2c1)C(=O)O. The minimum Gasteiger partial charge on any atom is -0.480 e. The van der Waals surface area contributed by atoms with Gasteiger partial charge >= 0.3 is 5.97 Å². The fourth-order valence-corrected chi connectivity index (χ4v) is 3.61. The number of carbonyl (C=O) groups is 1. The smallest absolute Gasteiger partial charge is 0.321 e. The van der Waals surface area contributed by atoms with Gasteiger partial charge in [-0.1, -0.05) is 30.3 Å². The Balaban J connectivity index is 2.12. The van der Waals surface area contributed by atoms with Gasteiger partial charge in [0, 0.05) is 6.54 Å². The van der Waals surface area contributed by atoms with E-state index in [0.29, 0.717) is 6.42 Å². The lowest BCUT2D eigenvalue weighted by molar-refractivity contribution is -0.139. The van der Waals surface area contributed by atoms with Crippen LogP contribution in [0.1, 0.15) is 12.8 Å². The highest BCUT2D eigenvalue weighted by atomic mass is 32.2. The van der Waals surface area contributed by atoms with Crippen LogP contribution in [0, 0.1) is 5.41 Å². The van der Waals surface area contributed by atoms with E-state index in [1.165, 1.54) is 12.1 Å². The Morgan fingerprint density at radius 3 is 2.52 bits per heavy atom. The van der Waals surface area contributed by atoms with Crippen LogP contribution in [-0.2, 0) is 14.8 Å². The molecular weight excluding hydrogens is 344 g/mol. The minimum atomic E-state index is -3.97. The molecular formula is C16H20N4O4S. The largest absolute Gasteiger partial charge is 0.480 e. The third kappa shape index (κ3) is 5.16. The Labute approximate surface area is 145 Å². The summed E-state index contributed by atoms with van der Waals surface area (Å²) < 4.78 is 27.2. The zero-order chi connectivity index (χ0) is 18.4. The molecule has 9 heteroatoms. The zero-order valence-electron chi connectivity index (χ0n) is 13.4. The summed E-state index contributed by atoms with van der Waals surface area (Å²) in [7, 11) is -3.97. The number of carboxylic acids is 1. The highest BCUT2D eigenvalue weighted by Gasteiger charge is 2.25. The van der Waals surface area contributed by atoms with Gasteiger partial charge in [0.2, 0.25) is 10.0 Å². The van der Waals surface area contributed by atoms with Crippen LogP contribution in [0.25, 0.3) is 10.8 Å². The molecule has 6 N–H and O–H groups in total. The molecule has 0 heterocycles. The van der Waals surface area contributed by atoms with Crippen LogP contribution in [0.4, 0.5) is 0 Å². The molecule has 134 valence electrons. The van der Waals surface area contributed by atoms with Gasteiger partial charge in [0.05, 0.1) is 4.90 Å². The predicted octanol–water partition coefficient (Wildman–Crippen LogP) is 0.835. The number of guanidine groups is 1. The van der Waals surface area contributed by atoms with Gasteiger partial charge in [-0.25, -0.2) is 8.42 Å². The van der Waals surface area contributed by atoms with Gasteiger partial charge in [-0.15, -0.1) is 0 Å². The quantitative estimate of drug-likeness (QED) is 0.266. The van der Waals surface area contributed by atoms with E-state index >= 15 is 0 Å². The standard InChI is InChI=1S/C16H20N4O4S/c17-16(18)19-9-3-6-14(15(21)22)20-25(23,24)13-8-7-11-4-1-2-5-12(11)10-13/h1-2,4-5,7-8,10,14,20H,3,6,9H2,(H,21,22)(H4,17,18,19)/t14-/m0/s1. The lowest BCUT2D eigenvalue weighted by atomic mass is 10.1. The molecule has 0 aliphatic carbocycles. The van der Waals surface area contributed by atoms with Crippen molar-refractivity contribution in [3.8, 4) is 0 Å². The first kappa shape index (κ1) is 18.7. The molecule has 0 aliphatic rings. The van der Waals surface area contributed by atoms with Crippen molar-refractivity contribution in [3.63, 3.8) is 0 Å². The summed E-state index contributed by atoms with van der Waals surface area (Å²) in [5.74, 6) is -1.48. The monoisotopic (exact) mass is 364 g/mol. The summed E-state index contributed by atoms with van der Waals surface area (Å²) in [5.41, 5.74) is 5.14. The topological polar surface area (TPSA) is 145 Å². The third-order valence-electron chi connectivity index (χ3n) is 3.61. The fraction of sp³-hybridized carbons (Fsp3) is 0.250. The second-order valence-corrected chi connectivity index (χ2v) is 7.22. The summed E-state index contributed by atoms with van der Waals surface area (Å²) in [6.45, 7) is 0.289. The maximum absolute atomic E-state index is 12.5. The number of nitrogens with two attached hydrogens (primary N) is 1. The van der Waals surface area contributed by atoms with Crippen LogP contribution >= 0.6 is 0 Å². The summed E-state index contributed by atoms with van der Waals surface area (Å²) in [6, 6.07) is 10.7. The van der Waals surface area contributed by atoms with E-state index in [1.807, 2.05) is 12.1 Å². The van der Waals surface area contributed by atoms with E-state index in [4.69, 9.17) is 11.1 Å². The Hall–Kier alpha value is -2.65. The lowest BCUT2D eigenvalue weighted by Gasteiger charge is -2.15. The van der Waals surface area contributed by atoms with Gasteiger partial charge in [0.15, 0.2) is 5.96 Å². The fourth-order valence-electron chi connectivity index (χ4n) is 2.35. The Morgan fingerprint density at radius 2 is 1.88 bits per heavy atom. The highest BCUT2D eigenvalue weighted by Crippen LogP contribution is 2.19. The molecule has 25 heavy (non-hydrogen) atoms. The first-order valence-corrected chi connectivity index (χ1v) is 9.10. The lowest BCUT2D eigenvalue weighted by Crippen LogP contribution is -2.41. The van der Waals surface area contributed by atoms with Gasteiger partial charge in [0.1, 0.15) is 6.04 Å². The normalized spacial score (nSPS) is 12.6. The second kappa shape index (κ2) is 7.95. The van der Waals surface area contributed by atoms with Crippen molar-refractivity contribution >= 4 is 32.7 Å². The van der Waals surface area contributed by atoms with E-state index < -0.39 is 22.0 Å². The number of fused-ring (bicyclic) bond motifs is 1. The molecule has 0 unspecified atom stereocenters. The van der Waals surface area contributed by atoms with Crippen LogP contribution < -0.4 is 15.8 Å². The summed E-state index contributed by atoms with van der Waals surface area (Å²) in [4.78, 5) is 11.3. The van der Waals surface area contributed by atoms with Crippen molar-refractivity contribution in [1.82, 2.24) is 10.0 Å². The van der Waals surface area contributed by atoms with E-state index in [2.05, 4.69) is 10.0 Å². The van der Waals surface area contributed by atoms with Crippen LogP contribution in [0.3, 0.4) is 0 Å². The van der Waals surface area contributed by atoms with Crippen LogP contribution in [0.15, 0.2) is 47.4 Å². The average Bonchev–Trinajstić information content (AvgIpc) is 2.56. The number of carboxylic acid groups (broad SMARTS) is 1. The number of hydrogen-bond donors (Lipinski definition) is 5. The molecule has 0 spiro atoms. The van der Waals surface area contributed by atoms with E-state index in [-0.39, 0.29) is 23.8 Å². The molecule has 2 rings (SSSR count).